The van der Waals surface area contributed by atoms with Crippen LogP contribution < -0.4 is 10.1 Å². The first-order valence-electron chi connectivity index (χ1n) is 9.26. The molecule has 3 nitrogen and oxygen atoms in total. The normalized spacial score (nSPS) is 17.5. The van der Waals surface area contributed by atoms with Gasteiger partial charge in [0, 0.05) is 17.5 Å². The lowest BCUT2D eigenvalue weighted by Gasteiger charge is -2.37. The SMILES string of the molecule is CC1(C)C[C@H](NC(=O)c2ccc(-c3ccccc3)cc2)c2ccccc2O1. The predicted molar refractivity (Wildman–Crippen MR) is 108 cm³/mol. The van der Waals surface area contributed by atoms with Gasteiger partial charge in [0.1, 0.15) is 11.4 Å². The Bertz CT molecular complexity index is 946. The van der Waals surface area contributed by atoms with Crippen molar-refractivity contribution < 1.29 is 9.53 Å². The van der Waals surface area contributed by atoms with E-state index >= 15 is 0 Å². The zero-order valence-corrected chi connectivity index (χ0v) is 15.6. The topological polar surface area (TPSA) is 38.3 Å². The maximum atomic E-state index is 12.8. The van der Waals surface area contributed by atoms with Gasteiger partial charge in [0.25, 0.3) is 5.91 Å². The van der Waals surface area contributed by atoms with Crippen LogP contribution in [0.5, 0.6) is 5.75 Å². The van der Waals surface area contributed by atoms with E-state index < -0.39 is 0 Å². The number of carbonyl (C=O) groups is 1. The van der Waals surface area contributed by atoms with Crippen molar-refractivity contribution in [2.45, 2.75) is 31.9 Å². The second kappa shape index (κ2) is 6.92. The Morgan fingerprint density at radius 1 is 0.889 bits per heavy atom. The molecule has 1 N–H and O–H groups in total. The van der Waals surface area contributed by atoms with Gasteiger partial charge in [-0.1, -0.05) is 60.7 Å². The quantitative estimate of drug-likeness (QED) is 0.683. The van der Waals surface area contributed by atoms with Crippen LogP contribution in [0.1, 0.15) is 42.2 Å². The summed E-state index contributed by atoms with van der Waals surface area (Å²) in [5.41, 5.74) is 3.63. The summed E-state index contributed by atoms with van der Waals surface area (Å²) in [7, 11) is 0. The van der Waals surface area contributed by atoms with Crippen LogP contribution in [0.4, 0.5) is 0 Å². The number of rotatable bonds is 3. The van der Waals surface area contributed by atoms with Gasteiger partial charge in [-0.25, -0.2) is 0 Å². The highest BCUT2D eigenvalue weighted by molar-refractivity contribution is 5.95. The average molecular weight is 357 g/mol. The van der Waals surface area contributed by atoms with Gasteiger partial charge in [0.2, 0.25) is 0 Å². The highest BCUT2D eigenvalue weighted by Gasteiger charge is 2.34. The molecule has 136 valence electrons. The second-order valence-corrected chi connectivity index (χ2v) is 7.57. The number of ether oxygens (including phenoxy) is 1. The zero-order chi connectivity index (χ0) is 18.9. The van der Waals surface area contributed by atoms with E-state index in [-0.39, 0.29) is 17.6 Å². The standard InChI is InChI=1S/C24H23NO2/c1-24(2)16-21(20-10-6-7-11-22(20)27-24)25-23(26)19-14-12-18(13-15-19)17-8-4-3-5-9-17/h3-15,21H,16H2,1-2H3,(H,25,26)/t21-/m0/s1. The third kappa shape index (κ3) is 3.72. The molecule has 1 heterocycles. The van der Waals surface area contributed by atoms with Crippen molar-refractivity contribution in [2.24, 2.45) is 0 Å². The number of nitrogens with one attached hydrogen (secondary N) is 1. The number of carbonyl (C=O) groups excluding carboxylic acids is 1. The molecule has 0 saturated heterocycles. The summed E-state index contributed by atoms with van der Waals surface area (Å²) in [4.78, 5) is 12.8. The van der Waals surface area contributed by atoms with Crippen LogP contribution in [0.2, 0.25) is 0 Å². The van der Waals surface area contributed by atoms with Crippen LogP contribution in [-0.2, 0) is 0 Å². The van der Waals surface area contributed by atoms with E-state index in [0.717, 1.165) is 28.9 Å². The summed E-state index contributed by atoms with van der Waals surface area (Å²) in [6.45, 7) is 4.10. The molecule has 0 aliphatic carbocycles. The largest absolute Gasteiger partial charge is 0.487 e. The molecular formula is C24H23NO2. The molecule has 1 aliphatic rings. The fraction of sp³-hybridized carbons (Fsp3) is 0.208. The lowest BCUT2D eigenvalue weighted by molar-refractivity contribution is 0.0620. The number of amides is 1. The van der Waals surface area contributed by atoms with Gasteiger partial charge in [0.05, 0.1) is 6.04 Å². The molecule has 1 aliphatic heterocycles. The Balaban J connectivity index is 1.54. The summed E-state index contributed by atoms with van der Waals surface area (Å²) in [6.07, 6.45) is 0.734. The third-order valence-electron chi connectivity index (χ3n) is 4.94. The van der Waals surface area contributed by atoms with E-state index in [1.54, 1.807) is 0 Å². The van der Waals surface area contributed by atoms with E-state index in [2.05, 4.69) is 31.3 Å². The molecule has 3 aromatic rings. The molecule has 1 atom stereocenters. The van der Waals surface area contributed by atoms with Gasteiger partial charge in [-0.05, 0) is 43.2 Å². The summed E-state index contributed by atoms with van der Waals surface area (Å²) in [6, 6.07) is 25.8. The lowest BCUT2D eigenvalue weighted by Crippen LogP contribution is -2.41. The lowest BCUT2D eigenvalue weighted by atomic mass is 9.89. The molecule has 0 saturated carbocycles. The van der Waals surface area contributed by atoms with Gasteiger partial charge in [-0.3, -0.25) is 4.79 Å². The van der Waals surface area contributed by atoms with Gasteiger partial charge in [0.15, 0.2) is 0 Å². The second-order valence-electron chi connectivity index (χ2n) is 7.57. The first-order chi connectivity index (χ1) is 13.0. The van der Waals surface area contributed by atoms with Crippen LogP contribution >= 0.6 is 0 Å². The molecule has 0 spiro atoms. The van der Waals surface area contributed by atoms with Crippen LogP contribution in [-0.4, -0.2) is 11.5 Å². The van der Waals surface area contributed by atoms with E-state index in [1.165, 1.54) is 0 Å². The number of para-hydroxylation sites is 1. The molecular weight excluding hydrogens is 334 g/mol. The van der Waals surface area contributed by atoms with Crippen molar-refractivity contribution in [3.63, 3.8) is 0 Å². The Hall–Kier alpha value is -3.07. The minimum atomic E-state index is -0.316. The fourth-order valence-corrected chi connectivity index (χ4v) is 3.62. The summed E-state index contributed by atoms with van der Waals surface area (Å²) >= 11 is 0. The van der Waals surface area contributed by atoms with Crippen molar-refractivity contribution in [3.8, 4) is 16.9 Å². The van der Waals surface area contributed by atoms with Gasteiger partial charge >= 0.3 is 0 Å². The predicted octanol–water partition coefficient (Wildman–Crippen LogP) is 5.39. The molecule has 4 rings (SSSR count). The fourth-order valence-electron chi connectivity index (χ4n) is 3.62. The Labute approximate surface area is 160 Å². The van der Waals surface area contributed by atoms with Crippen LogP contribution in [0.25, 0.3) is 11.1 Å². The minimum absolute atomic E-state index is 0.0629. The van der Waals surface area contributed by atoms with E-state index in [4.69, 9.17) is 4.74 Å². The number of benzene rings is 3. The van der Waals surface area contributed by atoms with Crippen LogP contribution in [0, 0.1) is 0 Å². The van der Waals surface area contributed by atoms with E-state index in [1.807, 2.05) is 66.7 Å². The zero-order valence-electron chi connectivity index (χ0n) is 15.6. The first kappa shape index (κ1) is 17.3. The van der Waals surface area contributed by atoms with Gasteiger partial charge in [-0.15, -0.1) is 0 Å². The molecule has 0 unspecified atom stereocenters. The maximum Gasteiger partial charge on any atom is 0.251 e. The maximum absolute atomic E-state index is 12.8. The molecule has 3 aromatic carbocycles. The molecule has 0 radical (unpaired) electrons. The summed E-state index contributed by atoms with van der Waals surface area (Å²) < 4.78 is 6.05. The Morgan fingerprint density at radius 3 is 2.26 bits per heavy atom. The smallest absolute Gasteiger partial charge is 0.251 e. The molecule has 0 aromatic heterocycles. The Morgan fingerprint density at radius 2 is 1.52 bits per heavy atom. The van der Waals surface area contributed by atoms with Crippen molar-refractivity contribution >= 4 is 5.91 Å². The summed E-state index contributed by atoms with van der Waals surface area (Å²) in [5, 5.41) is 3.19. The van der Waals surface area contributed by atoms with E-state index in [9.17, 15) is 4.79 Å². The average Bonchev–Trinajstić information content (AvgIpc) is 2.68. The van der Waals surface area contributed by atoms with Crippen LogP contribution in [0.15, 0.2) is 78.9 Å². The summed E-state index contributed by atoms with van der Waals surface area (Å²) in [5.74, 6) is 0.783. The molecule has 1 amide bonds. The van der Waals surface area contributed by atoms with E-state index in [0.29, 0.717) is 5.56 Å². The van der Waals surface area contributed by atoms with Crippen molar-refractivity contribution in [3.05, 3.63) is 90.0 Å². The number of fused-ring (bicyclic) bond motifs is 1. The minimum Gasteiger partial charge on any atom is -0.487 e. The third-order valence-corrected chi connectivity index (χ3v) is 4.94. The molecule has 0 fully saturated rings. The van der Waals surface area contributed by atoms with Crippen molar-refractivity contribution in [1.29, 1.82) is 0 Å². The highest BCUT2D eigenvalue weighted by atomic mass is 16.5. The van der Waals surface area contributed by atoms with Gasteiger partial charge < -0.3 is 10.1 Å². The molecule has 27 heavy (non-hydrogen) atoms. The number of hydrogen-bond donors (Lipinski definition) is 1. The number of hydrogen-bond acceptors (Lipinski definition) is 2. The van der Waals surface area contributed by atoms with Crippen molar-refractivity contribution in [2.75, 3.05) is 0 Å². The first-order valence-corrected chi connectivity index (χ1v) is 9.26. The van der Waals surface area contributed by atoms with Crippen molar-refractivity contribution in [1.82, 2.24) is 5.32 Å². The monoisotopic (exact) mass is 357 g/mol. The van der Waals surface area contributed by atoms with Crippen LogP contribution in [0.3, 0.4) is 0 Å². The highest BCUT2D eigenvalue weighted by Crippen LogP contribution is 2.39. The molecule has 3 heteroatoms. The van der Waals surface area contributed by atoms with Gasteiger partial charge in [-0.2, -0.15) is 0 Å². The molecule has 0 bridgehead atoms. The Kier molecular flexibility index (Phi) is 4.44.